The van der Waals surface area contributed by atoms with Crippen LogP contribution in [0.5, 0.6) is 0 Å². The van der Waals surface area contributed by atoms with Crippen molar-refractivity contribution in [1.82, 2.24) is 15.1 Å². The molecule has 0 bridgehead atoms. The van der Waals surface area contributed by atoms with Crippen LogP contribution in [-0.4, -0.2) is 67.3 Å². The molecule has 0 unspecified atom stereocenters. The van der Waals surface area contributed by atoms with Gasteiger partial charge >= 0.3 is 0 Å². The van der Waals surface area contributed by atoms with Crippen molar-refractivity contribution in [2.24, 2.45) is 4.99 Å². The average Bonchev–Trinajstić information content (AvgIpc) is 2.56. The SMILES string of the molecule is CN=C(NCC(=O)Nc1cccc(F)c1)N1CCN(C(C)=O)CC1.I. The molecule has 0 radical (unpaired) electrons. The van der Waals surface area contributed by atoms with Gasteiger partial charge in [0.1, 0.15) is 5.82 Å². The maximum atomic E-state index is 13.1. The molecule has 2 amide bonds. The molecule has 25 heavy (non-hydrogen) atoms. The number of nitrogens with one attached hydrogen (secondary N) is 2. The minimum Gasteiger partial charge on any atom is -0.347 e. The summed E-state index contributed by atoms with van der Waals surface area (Å²) in [5, 5.41) is 5.60. The quantitative estimate of drug-likeness (QED) is 0.401. The van der Waals surface area contributed by atoms with E-state index in [2.05, 4.69) is 15.6 Å². The van der Waals surface area contributed by atoms with Gasteiger partial charge in [-0.25, -0.2) is 4.39 Å². The fraction of sp³-hybridized carbons (Fsp3) is 0.438. The number of carbonyl (C=O) groups excluding carboxylic acids is 2. The number of benzene rings is 1. The molecule has 7 nitrogen and oxygen atoms in total. The second-order valence-electron chi connectivity index (χ2n) is 5.45. The van der Waals surface area contributed by atoms with E-state index in [1.54, 1.807) is 24.9 Å². The predicted octanol–water partition coefficient (Wildman–Crippen LogP) is 1.12. The van der Waals surface area contributed by atoms with Gasteiger partial charge in [-0.05, 0) is 18.2 Å². The number of amides is 2. The third-order valence-corrected chi connectivity index (χ3v) is 3.75. The molecular weight excluding hydrogens is 440 g/mol. The lowest BCUT2D eigenvalue weighted by Gasteiger charge is -2.36. The van der Waals surface area contributed by atoms with E-state index >= 15 is 0 Å². The number of aliphatic imine (C=N–C) groups is 1. The van der Waals surface area contributed by atoms with Crippen molar-refractivity contribution in [2.75, 3.05) is 45.1 Å². The Morgan fingerprint density at radius 2 is 1.84 bits per heavy atom. The highest BCUT2D eigenvalue weighted by Crippen LogP contribution is 2.08. The molecule has 1 aromatic carbocycles. The van der Waals surface area contributed by atoms with Crippen LogP contribution in [0.1, 0.15) is 6.92 Å². The predicted molar refractivity (Wildman–Crippen MR) is 106 cm³/mol. The Kier molecular flexibility index (Phi) is 8.59. The van der Waals surface area contributed by atoms with E-state index in [4.69, 9.17) is 0 Å². The van der Waals surface area contributed by atoms with Crippen LogP contribution in [-0.2, 0) is 9.59 Å². The standard InChI is InChI=1S/C16H22FN5O2.HI/c1-12(23)21-6-8-22(9-7-21)16(18-2)19-11-15(24)20-14-5-3-4-13(17)10-14;/h3-5,10H,6-9,11H2,1-2H3,(H,18,19)(H,20,24);1H. The van der Waals surface area contributed by atoms with Crippen molar-refractivity contribution in [3.8, 4) is 0 Å². The number of anilines is 1. The molecule has 138 valence electrons. The number of halogens is 2. The highest BCUT2D eigenvalue weighted by molar-refractivity contribution is 14.0. The lowest BCUT2D eigenvalue weighted by molar-refractivity contribution is -0.130. The number of rotatable bonds is 3. The van der Waals surface area contributed by atoms with Crippen LogP contribution in [0, 0.1) is 5.82 Å². The average molecular weight is 463 g/mol. The number of piperazine rings is 1. The fourth-order valence-electron chi connectivity index (χ4n) is 2.50. The summed E-state index contributed by atoms with van der Waals surface area (Å²) in [6.45, 7) is 4.15. The third kappa shape index (κ3) is 6.48. The van der Waals surface area contributed by atoms with Crippen LogP contribution in [0.2, 0.25) is 0 Å². The Balaban J connectivity index is 0.00000312. The van der Waals surface area contributed by atoms with Gasteiger partial charge in [0.2, 0.25) is 11.8 Å². The van der Waals surface area contributed by atoms with Crippen molar-refractivity contribution in [3.05, 3.63) is 30.1 Å². The van der Waals surface area contributed by atoms with Crippen molar-refractivity contribution in [1.29, 1.82) is 0 Å². The van der Waals surface area contributed by atoms with Crippen LogP contribution >= 0.6 is 24.0 Å². The van der Waals surface area contributed by atoms with Gasteiger partial charge in [0.15, 0.2) is 5.96 Å². The van der Waals surface area contributed by atoms with Crippen molar-refractivity contribution >= 4 is 47.4 Å². The van der Waals surface area contributed by atoms with E-state index in [0.717, 1.165) is 0 Å². The first-order valence-electron chi connectivity index (χ1n) is 7.76. The molecule has 1 saturated heterocycles. The van der Waals surface area contributed by atoms with Crippen LogP contribution in [0.15, 0.2) is 29.3 Å². The zero-order valence-corrected chi connectivity index (χ0v) is 16.6. The molecule has 2 rings (SSSR count). The Bertz CT molecular complexity index is 633. The number of hydrogen-bond donors (Lipinski definition) is 2. The summed E-state index contributed by atoms with van der Waals surface area (Å²) >= 11 is 0. The minimum absolute atomic E-state index is 0. The molecule has 0 atom stereocenters. The molecular formula is C16H23FIN5O2. The minimum atomic E-state index is -0.403. The van der Waals surface area contributed by atoms with E-state index < -0.39 is 5.82 Å². The van der Waals surface area contributed by atoms with Gasteiger partial charge in [-0.15, -0.1) is 24.0 Å². The van der Waals surface area contributed by atoms with Gasteiger partial charge < -0.3 is 20.4 Å². The molecule has 1 aliphatic rings. The maximum Gasteiger partial charge on any atom is 0.243 e. The Morgan fingerprint density at radius 1 is 1.20 bits per heavy atom. The zero-order valence-electron chi connectivity index (χ0n) is 14.3. The monoisotopic (exact) mass is 463 g/mol. The summed E-state index contributed by atoms with van der Waals surface area (Å²) in [4.78, 5) is 31.2. The van der Waals surface area contributed by atoms with E-state index in [9.17, 15) is 14.0 Å². The Morgan fingerprint density at radius 3 is 2.40 bits per heavy atom. The van der Waals surface area contributed by atoms with E-state index in [0.29, 0.717) is 37.8 Å². The normalized spacial score (nSPS) is 14.6. The van der Waals surface area contributed by atoms with Crippen molar-refractivity contribution in [3.63, 3.8) is 0 Å². The van der Waals surface area contributed by atoms with Gasteiger partial charge in [0.05, 0.1) is 6.54 Å². The van der Waals surface area contributed by atoms with E-state index in [1.165, 1.54) is 18.2 Å². The highest BCUT2D eigenvalue weighted by atomic mass is 127. The summed E-state index contributed by atoms with van der Waals surface area (Å²) in [5.41, 5.74) is 0.409. The number of guanidine groups is 1. The van der Waals surface area contributed by atoms with Gasteiger partial charge in [-0.3, -0.25) is 14.6 Å². The van der Waals surface area contributed by atoms with Crippen LogP contribution in [0.4, 0.5) is 10.1 Å². The summed E-state index contributed by atoms with van der Waals surface area (Å²) in [6, 6.07) is 5.73. The largest absolute Gasteiger partial charge is 0.347 e. The number of carbonyl (C=O) groups is 2. The summed E-state index contributed by atoms with van der Waals surface area (Å²) in [5.74, 6) is -0.0244. The molecule has 0 spiro atoms. The summed E-state index contributed by atoms with van der Waals surface area (Å²) in [7, 11) is 1.64. The Hall–Kier alpha value is -1.91. The van der Waals surface area contributed by atoms with Crippen molar-refractivity contribution in [2.45, 2.75) is 6.92 Å². The van der Waals surface area contributed by atoms with Crippen LogP contribution in [0.3, 0.4) is 0 Å². The molecule has 0 aliphatic carbocycles. The van der Waals surface area contributed by atoms with Gasteiger partial charge in [-0.1, -0.05) is 6.07 Å². The summed E-state index contributed by atoms with van der Waals surface area (Å²) in [6.07, 6.45) is 0. The molecule has 1 aromatic rings. The first kappa shape index (κ1) is 21.1. The topological polar surface area (TPSA) is 77.0 Å². The fourth-order valence-corrected chi connectivity index (χ4v) is 2.50. The van der Waals surface area contributed by atoms with E-state index in [-0.39, 0.29) is 42.3 Å². The highest BCUT2D eigenvalue weighted by Gasteiger charge is 2.21. The molecule has 0 saturated carbocycles. The molecule has 1 fully saturated rings. The summed E-state index contributed by atoms with van der Waals surface area (Å²) < 4.78 is 13.1. The Labute approximate surface area is 163 Å². The smallest absolute Gasteiger partial charge is 0.243 e. The van der Waals surface area contributed by atoms with E-state index in [1.807, 2.05) is 4.90 Å². The zero-order chi connectivity index (χ0) is 17.5. The molecule has 1 aliphatic heterocycles. The van der Waals surface area contributed by atoms with Gasteiger partial charge in [-0.2, -0.15) is 0 Å². The maximum absolute atomic E-state index is 13.1. The third-order valence-electron chi connectivity index (χ3n) is 3.75. The first-order valence-corrected chi connectivity index (χ1v) is 7.76. The lowest BCUT2D eigenvalue weighted by atomic mass is 10.3. The first-order chi connectivity index (χ1) is 11.5. The molecule has 9 heteroatoms. The van der Waals surface area contributed by atoms with Gasteiger partial charge in [0, 0.05) is 45.8 Å². The van der Waals surface area contributed by atoms with Crippen LogP contribution < -0.4 is 10.6 Å². The molecule has 0 aromatic heterocycles. The second-order valence-corrected chi connectivity index (χ2v) is 5.45. The second kappa shape index (κ2) is 10.2. The molecule has 2 N–H and O–H groups in total. The number of hydrogen-bond acceptors (Lipinski definition) is 3. The lowest BCUT2D eigenvalue weighted by Crippen LogP contribution is -2.54. The van der Waals surface area contributed by atoms with Gasteiger partial charge in [0.25, 0.3) is 0 Å². The number of nitrogens with zero attached hydrogens (tertiary/aromatic N) is 3. The molecule has 1 heterocycles. The van der Waals surface area contributed by atoms with Crippen LogP contribution in [0.25, 0.3) is 0 Å². The van der Waals surface area contributed by atoms with Crippen molar-refractivity contribution < 1.29 is 14.0 Å².